The first-order valence-electron chi connectivity index (χ1n) is 9.39. The molecule has 0 aliphatic carbocycles. The molecular weight excluding hydrogens is 421 g/mol. The molecule has 0 bridgehead atoms. The molecule has 31 heavy (non-hydrogen) atoms. The average Bonchev–Trinajstić information content (AvgIpc) is 3.46. The molecule has 2 aromatic heterocycles. The second-order valence-corrected chi connectivity index (χ2v) is 8.69. The third-order valence-electron chi connectivity index (χ3n) is 4.59. The Morgan fingerprint density at radius 2 is 1.71 bits per heavy atom. The van der Waals surface area contributed by atoms with Gasteiger partial charge in [-0.15, -0.1) is 0 Å². The second-order valence-electron chi connectivity index (χ2n) is 6.81. The third kappa shape index (κ3) is 4.59. The van der Waals surface area contributed by atoms with Crippen molar-refractivity contribution in [3.05, 3.63) is 108 Å². The Bertz CT molecular complexity index is 1280. The lowest BCUT2D eigenvalue weighted by molar-refractivity contribution is 0.0679. The van der Waals surface area contributed by atoms with Crippen molar-refractivity contribution in [1.29, 1.82) is 0 Å². The van der Waals surface area contributed by atoms with Crippen LogP contribution in [0.1, 0.15) is 21.9 Å². The Labute approximate surface area is 178 Å². The van der Waals surface area contributed by atoms with E-state index in [2.05, 4.69) is 0 Å². The molecule has 2 heterocycles. The molecule has 8 heteroatoms. The van der Waals surface area contributed by atoms with Crippen LogP contribution in [-0.2, 0) is 22.9 Å². The highest BCUT2D eigenvalue weighted by Crippen LogP contribution is 2.24. The van der Waals surface area contributed by atoms with Crippen LogP contribution >= 0.6 is 0 Å². The fourth-order valence-electron chi connectivity index (χ4n) is 3.10. The summed E-state index contributed by atoms with van der Waals surface area (Å²) >= 11 is 0. The average molecular weight is 439 g/mol. The molecule has 0 saturated heterocycles. The molecule has 0 radical (unpaired) electrons. The van der Waals surface area contributed by atoms with Crippen LogP contribution in [0.25, 0.3) is 0 Å². The molecule has 0 fully saturated rings. The highest BCUT2D eigenvalue weighted by Gasteiger charge is 2.26. The number of sulfone groups is 1. The largest absolute Gasteiger partial charge is 0.467 e. The fraction of sp³-hybridized carbons (Fsp3) is 0.0870. The Balaban J connectivity index is 1.62. The topological polar surface area (TPSA) is 80.7 Å². The van der Waals surface area contributed by atoms with Crippen molar-refractivity contribution < 1.29 is 26.4 Å². The maximum absolute atomic E-state index is 13.6. The number of hydrogen-bond donors (Lipinski definition) is 0. The molecule has 0 N–H and O–H groups in total. The van der Waals surface area contributed by atoms with Crippen molar-refractivity contribution in [3.63, 3.8) is 0 Å². The van der Waals surface area contributed by atoms with Crippen LogP contribution in [0.15, 0.2) is 104 Å². The van der Waals surface area contributed by atoms with Gasteiger partial charge in [0.25, 0.3) is 5.91 Å². The molecule has 1 amide bonds. The molecule has 158 valence electrons. The summed E-state index contributed by atoms with van der Waals surface area (Å²) in [6.45, 7) is 0.183. The summed E-state index contributed by atoms with van der Waals surface area (Å²) in [6, 6.07) is 19.7. The van der Waals surface area contributed by atoms with E-state index in [4.69, 9.17) is 8.83 Å². The number of rotatable bonds is 7. The molecule has 0 spiro atoms. The number of hydrogen-bond acceptors (Lipinski definition) is 5. The molecule has 0 saturated carbocycles. The van der Waals surface area contributed by atoms with Crippen molar-refractivity contribution in [2.24, 2.45) is 0 Å². The van der Waals surface area contributed by atoms with E-state index in [1.54, 1.807) is 42.5 Å². The van der Waals surface area contributed by atoms with Crippen LogP contribution < -0.4 is 0 Å². The quantitative estimate of drug-likeness (QED) is 0.417. The first-order valence-corrected chi connectivity index (χ1v) is 10.9. The molecule has 0 atom stereocenters. The van der Waals surface area contributed by atoms with Gasteiger partial charge in [0.05, 0.1) is 17.7 Å². The lowest BCUT2D eigenvalue weighted by Gasteiger charge is -2.20. The smallest absolute Gasteiger partial charge is 0.290 e. The predicted molar refractivity (Wildman–Crippen MR) is 109 cm³/mol. The van der Waals surface area contributed by atoms with Crippen LogP contribution in [0.4, 0.5) is 4.39 Å². The molecule has 6 nitrogen and oxygen atoms in total. The first kappa shape index (κ1) is 20.6. The Morgan fingerprint density at radius 3 is 2.42 bits per heavy atom. The maximum Gasteiger partial charge on any atom is 0.290 e. The highest BCUT2D eigenvalue weighted by atomic mass is 32.2. The van der Waals surface area contributed by atoms with Gasteiger partial charge in [-0.3, -0.25) is 4.79 Å². The summed E-state index contributed by atoms with van der Waals surface area (Å²) in [5.74, 6) is -0.585. The van der Waals surface area contributed by atoms with Crippen molar-refractivity contribution in [1.82, 2.24) is 4.90 Å². The molecule has 4 rings (SSSR count). The van der Waals surface area contributed by atoms with Crippen molar-refractivity contribution >= 4 is 15.7 Å². The van der Waals surface area contributed by atoms with E-state index in [0.717, 1.165) is 0 Å². The Hall–Kier alpha value is -3.65. The summed E-state index contributed by atoms with van der Waals surface area (Å²) in [4.78, 5) is 14.6. The Morgan fingerprint density at radius 1 is 0.903 bits per heavy atom. The van der Waals surface area contributed by atoms with Crippen LogP contribution in [0, 0.1) is 5.82 Å². The zero-order chi connectivity index (χ0) is 21.8. The maximum atomic E-state index is 13.6. The van der Waals surface area contributed by atoms with Gasteiger partial charge in [0, 0.05) is 6.54 Å². The van der Waals surface area contributed by atoms with E-state index in [0.29, 0.717) is 11.3 Å². The molecule has 0 unspecified atom stereocenters. The minimum absolute atomic E-state index is 0.0653. The molecule has 0 aliphatic rings. The van der Waals surface area contributed by atoms with Gasteiger partial charge in [-0.25, -0.2) is 12.8 Å². The van der Waals surface area contributed by atoms with Crippen molar-refractivity contribution in [2.75, 3.05) is 0 Å². The summed E-state index contributed by atoms with van der Waals surface area (Å²) in [6.07, 6.45) is 1.48. The number of halogens is 1. The van der Waals surface area contributed by atoms with Gasteiger partial charge in [0.15, 0.2) is 5.76 Å². The molecule has 4 aromatic rings. The molecule has 2 aromatic carbocycles. The normalized spacial score (nSPS) is 11.4. The van der Waals surface area contributed by atoms with E-state index in [1.807, 2.05) is 0 Å². The summed E-state index contributed by atoms with van der Waals surface area (Å²) in [5, 5.41) is -0.328. The van der Waals surface area contributed by atoms with Gasteiger partial charge >= 0.3 is 0 Å². The SMILES string of the molecule is O=C(c1ccc(S(=O)(=O)c2ccccc2)o1)N(Cc1cccc(F)c1)Cc1ccco1. The lowest BCUT2D eigenvalue weighted by Crippen LogP contribution is -2.29. The lowest BCUT2D eigenvalue weighted by atomic mass is 10.2. The summed E-state index contributed by atoms with van der Waals surface area (Å²) < 4.78 is 49.9. The van der Waals surface area contributed by atoms with Gasteiger partial charge in [-0.05, 0) is 54.1 Å². The van der Waals surface area contributed by atoms with Gasteiger partial charge in [-0.2, -0.15) is 0 Å². The number of nitrogens with zero attached hydrogens (tertiary/aromatic N) is 1. The number of carbonyl (C=O) groups is 1. The van der Waals surface area contributed by atoms with Gasteiger partial charge < -0.3 is 13.7 Å². The van der Waals surface area contributed by atoms with E-state index >= 15 is 0 Å². The van der Waals surface area contributed by atoms with Crippen LogP contribution in [0.5, 0.6) is 0 Å². The first-order chi connectivity index (χ1) is 14.9. The summed E-state index contributed by atoms with van der Waals surface area (Å²) in [7, 11) is -3.90. The third-order valence-corrected chi connectivity index (χ3v) is 6.23. The van der Waals surface area contributed by atoms with Crippen molar-refractivity contribution in [3.8, 4) is 0 Å². The number of amides is 1. The molecular formula is C23H18FNO5S. The van der Waals surface area contributed by atoms with Gasteiger partial charge in [0.2, 0.25) is 14.9 Å². The zero-order valence-electron chi connectivity index (χ0n) is 16.3. The monoisotopic (exact) mass is 439 g/mol. The number of furan rings is 2. The minimum Gasteiger partial charge on any atom is -0.467 e. The predicted octanol–water partition coefficient (Wildman–Crippen LogP) is 4.69. The summed E-state index contributed by atoms with van der Waals surface area (Å²) in [5.41, 5.74) is 0.573. The second kappa shape index (κ2) is 8.61. The van der Waals surface area contributed by atoms with Gasteiger partial charge in [0.1, 0.15) is 11.6 Å². The van der Waals surface area contributed by atoms with E-state index in [-0.39, 0.29) is 28.8 Å². The van der Waals surface area contributed by atoms with E-state index < -0.39 is 21.6 Å². The van der Waals surface area contributed by atoms with Crippen LogP contribution in [0.3, 0.4) is 0 Å². The van der Waals surface area contributed by atoms with Crippen molar-refractivity contribution in [2.45, 2.75) is 23.1 Å². The standard InChI is InChI=1S/C23H18FNO5S/c24-18-7-4-6-17(14-18)15-25(16-19-8-5-13-29-19)23(26)21-11-12-22(30-21)31(27,28)20-9-2-1-3-10-20/h1-14H,15-16H2. The van der Waals surface area contributed by atoms with Crippen LogP contribution in [0.2, 0.25) is 0 Å². The zero-order valence-corrected chi connectivity index (χ0v) is 17.1. The number of carbonyl (C=O) groups excluding carboxylic acids is 1. The Kier molecular flexibility index (Phi) is 5.73. The molecule has 0 aliphatic heterocycles. The van der Waals surface area contributed by atoms with E-state index in [1.165, 1.54) is 47.6 Å². The fourth-order valence-corrected chi connectivity index (χ4v) is 4.29. The van der Waals surface area contributed by atoms with Crippen LogP contribution in [-0.4, -0.2) is 19.2 Å². The highest BCUT2D eigenvalue weighted by molar-refractivity contribution is 7.91. The van der Waals surface area contributed by atoms with Gasteiger partial charge in [-0.1, -0.05) is 30.3 Å². The number of benzene rings is 2. The minimum atomic E-state index is -3.90. The van der Waals surface area contributed by atoms with E-state index in [9.17, 15) is 17.6 Å².